The standard InChI is InChI=1S/C19H20BrN3O2/c1-13(21-11-12-25-2)18-22-17-6-4-3-5-16(17)19(24)23(18)15-9-7-14(20)8-10-15/h3-10,13,21H,11-12H2,1-2H3/t13-/m0/s1. The Labute approximate surface area is 154 Å². The Kier molecular flexibility index (Phi) is 5.63. The molecule has 0 aliphatic heterocycles. The molecule has 3 rings (SSSR count). The number of aromatic nitrogens is 2. The first-order chi connectivity index (χ1) is 12.1. The van der Waals surface area contributed by atoms with Crippen molar-refractivity contribution in [3.05, 3.63) is 69.2 Å². The summed E-state index contributed by atoms with van der Waals surface area (Å²) >= 11 is 3.44. The lowest BCUT2D eigenvalue weighted by molar-refractivity contribution is 0.196. The van der Waals surface area contributed by atoms with Gasteiger partial charge in [-0.25, -0.2) is 4.98 Å². The fourth-order valence-electron chi connectivity index (χ4n) is 2.75. The number of halogens is 1. The summed E-state index contributed by atoms with van der Waals surface area (Å²) < 4.78 is 7.74. The van der Waals surface area contributed by atoms with Gasteiger partial charge < -0.3 is 10.1 Å². The Morgan fingerprint density at radius 3 is 2.64 bits per heavy atom. The van der Waals surface area contributed by atoms with Crippen LogP contribution in [0.1, 0.15) is 18.8 Å². The molecule has 0 aliphatic carbocycles. The molecule has 0 bridgehead atoms. The van der Waals surface area contributed by atoms with E-state index in [1.807, 2.05) is 55.5 Å². The molecule has 0 aliphatic rings. The molecular weight excluding hydrogens is 382 g/mol. The number of nitrogens with zero attached hydrogens (tertiary/aromatic N) is 2. The van der Waals surface area contributed by atoms with Gasteiger partial charge in [-0.3, -0.25) is 9.36 Å². The van der Waals surface area contributed by atoms with E-state index in [0.29, 0.717) is 29.9 Å². The molecule has 0 fully saturated rings. The van der Waals surface area contributed by atoms with Crippen LogP contribution >= 0.6 is 15.9 Å². The average Bonchev–Trinajstić information content (AvgIpc) is 2.63. The minimum Gasteiger partial charge on any atom is -0.383 e. The van der Waals surface area contributed by atoms with Crippen LogP contribution < -0.4 is 10.9 Å². The molecule has 0 radical (unpaired) electrons. The molecule has 1 heterocycles. The summed E-state index contributed by atoms with van der Waals surface area (Å²) in [7, 11) is 1.67. The summed E-state index contributed by atoms with van der Waals surface area (Å²) in [6.45, 7) is 3.28. The second-order valence-corrected chi connectivity index (χ2v) is 6.69. The van der Waals surface area contributed by atoms with Crippen molar-refractivity contribution in [1.82, 2.24) is 14.9 Å². The number of hydrogen-bond acceptors (Lipinski definition) is 4. The Bertz CT molecular complexity index is 922. The first-order valence-corrected chi connectivity index (χ1v) is 8.91. The smallest absolute Gasteiger partial charge is 0.266 e. The van der Waals surface area contributed by atoms with Crippen molar-refractivity contribution >= 4 is 26.8 Å². The van der Waals surface area contributed by atoms with Crippen LogP contribution in [0, 0.1) is 0 Å². The van der Waals surface area contributed by atoms with Crippen LogP contribution in [0.3, 0.4) is 0 Å². The summed E-state index contributed by atoms with van der Waals surface area (Å²) in [5.41, 5.74) is 1.43. The predicted octanol–water partition coefficient (Wildman–Crippen LogP) is 3.45. The van der Waals surface area contributed by atoms with Gasteiger partial charge in [-0.2, -0.15) is 0 Å². The quantitative estimate of drug-likeness (QED) is 0.642. The van der Waals surface area contributed by atoms with E-state index < -0.39 is 0 Å². The van der Waals surface area contributed by atoms with Gasteiger partial charge in [-0.15, -0.1) is 0 Å². The van der Waals surface area contributed by atoms with Crippen molar-refractivity contribution in [3.63, 3.8) is 0 Å². The third-order valence-corrected chi connectivity index (χ3v) is 4.56. The average molecular weight is 402 g/mol. The molecule has 1 aromatic heterocycles. The van der Waals surface area contributed by atoms with E-state index in [9.17, 15) is 4.79 Å². The van der Waals surface area contributed by atoms with Crippen molar-refractivity contribution in [2.24, 2.45) is 0 Å². The van der Waals surface area contributed by atoms with Gasteiger partial charge in [0.05, 0.1) is 29.2 Å². The maximum absolute atomic E-state index is 13.1. The Morgan fingerprint density at radius 1 is 1.20 bits per heavy atom. The van der Waals surface area contributed by atoms with Crippen LogP contribution in [0.25, 0.3) is 16.6 Å². The third-order valence-electron chi connectivity index (χ3n) is 4.03. The molecule has 1 N–H and O–H groups in total. The molecule has 130 valence electrons. The molecule has 0 unspecified atom stereocenters. The SMILES string of the molecule is COCCN[C@@H](C)c1nc2ccccc2c(=O)n1-c1ccc(Br)cc1. The van der Waals surface area contributed by atoms with Crippen LogP contribution in [-0.4, -0.2) is 29.8 Å². The van der Waals surface area contributed by atoms with Crippen LogP contribution in [0.15, 0.2) is 57.8 Å². The molecule has 0 saturated carbocycles. The monoisotopic (exact) mass is 401 g/mol. The lowest BCUT2D eigenvalue weighted by atomic mass is 10.2. The van der Waals surface area contributed by atoms with Crippen molar-refractivity contribution < 1.29 is 4.74 Å². The molecule has 3 aromatic rings. The van der Waals surface area contributed by atoms with E-state index in [0.717, 1.165) is 10.2 Å². The van der Waals surface area contributed by atoms with Gasteiger partial charge in [0.15, 0.2) is 0 Å². The second-order valence-electron chi connectivity index (χ2n) is 5.77. The van der Waals surface area contributed by atoms with Gasteiger partial charge in [0.25, 0.3) is 5.56 Å². The minimum absolute atomic E-state index is 0.0664. The second kappa shape index (κ2) is 7.91. The largest absolute Gasteiger partial charge is 0.383 e. The fourth-order valence-corrected chi connectivity index (χ4v) is 3.01. The van der Waals surface area contributed by atoms with Gasteiger partial charge in [0.1, 0.15) is 5.82 Å². The highest BCUT2D eigenvalue weighted by Crippen LogP contribution is 2.19. The molecule has 0 saturated heterocycles. The highest BCUT2D eigenvalue weighted by molar-refractivity contribution is 9.10. The number of methoxy groups -OCH3 is 1. The van der Waals surface area contributed by atoms with Crippen LogP contribution in [0.5, 0.6) is 0 Å². The number of rotatable bonds is 6. The number of para-hydroxylation sites is 1. The molecule has 1 atom stereocenters. The summed E-state index contributed by atoms with van der Waals surface area (Å²) in [4.78, 5) is 17.9. The van der Waals surface area contributed by atoms with E-state index >= 15 is 0 Å². The van der Waals surface area contributed by atoms with Gasteiger partial charge in [-0.1, -0.05) is 28.1 Å². The Balaban J connectivity index is 2.17. The summed E-state index contributed by atoms with van der Waals surface area (Å²) in [5.74, 6) is 0.683. The lowest BCUT2D eigenvalue weighted by Crippen LogP contribution is -2.31. The van der Waals surface area contributed by atoms with Crippen LogP contribution in [0.2, 0.25) is 0 Å². The zero-order chi connectivity index (χ0) is 17.8. The first-order valence-electron chi connectivity index (χ1n) is 8.12. The third kappa shape index (κ3) is 3.81. The van der Waals surface area contributed by atoms with Crippen molar-refractivity contribution in [1.29, 1.82) is 0 Å². The molecule has 2 aromatic carbocycles. The van der Waals surface area contributed by atoms with E-state index in [-0.39, 0.29) is 11.6 Å². The number of nitrogens with one attached hydrogen (secondary N) is 1. The normalized spacial score (nSPS) is 12.4. The van der Waals surface area contributed by atoms with E-state index in [4.69, 9.17) is 9.72 Å². The van der Waals surface area contributed by atoms with Crippen molar-refractivity contribution in [2.45, 2.75) is 13.0 Å². The summed E-state index contributed by atoms with van der Waals surface area (Å²) in [6.07, 6.45) is 0. The minimum atomic E-state index is -0.101. The maximum atomic E-state index is 13.1. The number of ether oxygens (including phenoxy) is 1. The maximum Gasteiger partial charge on any atom is 0.266 e. The van der Waals surface area contributed by atoms with E-state index in [1.54, 1.807) is 11.7 Å². The molecule has 6 heteroatoms. The molecule has 0 amide bonds. The van der Waals surface area contributed by atoms with E-state index in [2.05, 4.69) is 21.2 Å². The van der Waals surface area contributed by atoms with Crippen molar-refractivity contribution in [2.75, 3.05) is 20.3 Å². The van der Waals surface area contributed by atoms with Crippen LogP contribution in [0.4, 0.5) is 0 Å². The van der Waals surface area contributed by atoms with Gasteiger partial charge in [-0.05, 0) is 43.3 Å². The number of hydrogen-bond donors (Lipinski definition) is 1. The molecule has 5 nitrogen and oxygen atoms in total. The Hall–Kier alpha value is -2.02. The zero-order valence-corrected chi connectivity index (χ0v) is 15.8. The molecular formula is C19H20BrN3O2. The Morgan fingerprint density at radius 2 is 1.92 bits per heavy atom. The lowest BCUT2D eigenvalue weighted by Gasteiger charge is -2.19. The van der Waals surface area contributed by atoms with Crippen molar-refractivity contribution in [3.8, 4) is 5.69 Å². The highest BCUT2D eigenvalue weighted by atomic mass is 79.9. The molecule has 25 heavy (non-hydrogen) atoms. The van der Waals surface area contributed by atoms with Gasteiger partial charge in [0, 0.05) is 18.1 Å². The first kappa shape index (κ1) is 17.8. The van der Waals surface area contributed by atoms with Crippen LogP contribution in [-0.2, 0) is 4.74 Å². The van der Waals surface area contributed by atoms with E-state index in [1.165, 1.54) is 0 Å². The van der Waals surface area contributed by atoms with Gasteiger partial charge in [0.2, 0.25) is 0 Å². The fraction of sp³-hybridized carbons (Fsp3) is 0.263. The summed E-state index contributed by atoms with van der Waals surface area (Å²) in [6, 6.07) is 15.0. The summed E-state index contributed by atoms with van der Waals surface area (Å²) in [5, 5.41) is 3.97. The topological polar surface area (TPSA) is 56.1 Å². The number of fused-ring (bicyclic) bond motifs is 1. The zero-order valence-electron chi connectivity index (χ0n) is 14.2. The molecule has 0 spiro atoms. The highest BCUT2D eigenvalue weighted by Gasteiger charge is 2.17. The predicted molar refractivity (Wildman–Crippen MR) is 103 cm³/mol. The number of benzene rings is 2. The van der Waals surface area contributed by atoms with Gasteiger partial charge >= 0.3 is 0 Å².